The van der Waals surface area contributed by atoms with Crippen LogP contribution in [0, 0.1) is 4.78 Å². The number of hydrogen-bond acceptors (Lipinski definition) is 2. The fraction of sp³-hybridized carbons (Fsp3) is 0.0769. The van der Waals surface area contributed by atoms with E-state index in [0.29, 0.717) is 4.90 Å². The predicted octanol–water partition coefficient (Wildman–Crippen LogP) is 2.89. The van der Waals surface area contributed by atoms with Crippen molar-refractivity contribution in [3.63, 3.8) is 0 Å². The van der Waals surface area contributed by atoms with Gasteiger partial charge in [0.15, 0.2) is 0 Å². The molecular formula is C13H14N2OS. The Hall–Kier alpha value is -1.65. The molecule has 2 aromatic rings. The van der Waals surface area contributed by atoms with E-state index in [2.05, 4.69) is 4.72 Å². The second-order valence-corrected chi connectivity index (χ2v) is 5.64. The zero-order valence-corrected chi connectivity index (χ0v) is 10.3. The van der Waals surface area contributed by atoms with Gasteiger partial charge in [-0.05, 0) is 30.3 Å². The maximum absolute atomic E-state index is 11.8. The lowest BCUT2D eigenvalue weighted by molar-refractivity contribution is 0.669. The lowest BCUT2D eigenvalue weighted by Crippen LogP contribution is -2.16. The fourth-order valence-electron chi connectivity index (χ4n) is 1.59. The van der Waals surface area contributed by atoms with E-state index in [1.807, 2.05) is 42.5 Å². The molecular weight excluding hydrogens is 232 g/mol. The van der Waals surface area contributed by atoms with E-state index in [9.17, 15) is 4.21 Å². The Bertz CT molecular complexity index is 589. The normalized spacial score (nSPS) is 14.2. The molecule has 0 saturated heterocycles. The van der Waals surface area contributed by atoms with E-state index in [1.54, 1.807) is 12.1 Å². The van der Waals surface area contributed by atoms with Crippen LogP contribution in [0.15, 0.2) is 59.5 Å². The quantitative estimate of drug-likeness (QED) is 0.859. The first-order chi connectivity index (χ1) is 8.13. The summed E-state index contributed by atoms with van der Waals surface area (Å²) in [5.41, 5.74) is 2.17. The van der Waals surface area contributed by atoms with Crippen LogP contribution in [0.3, 0.4) is 0 Å². The highest BCUT2D eigenvalue weighted by Crippen LogP contribution is 2.20. The second-order valence-electron chi connectivity index (χ2n) is 3.65. The van der Waals surface area contributed by atoms with Crippen LogP contribution in [0.1, 0.15) is 0 Å². The summed E-state index contributed by atoms with van der Waals surface area (Å²) in [4.78, 5) is 0.500. The topological polar surface area (TPSA) is 53.0 Å². The molecule has 1 atom stereocenters. The third kappa shape index (κ3) is 2.54. The highest BCUT2D eigenvalue weighted by atomic mass is 32.2. The summed E-state index contributed by atoms with van der Waals surface area (Å²) in [6.07, 6.45) is 0. The smallest absolute Gasteiger partial charge is 0.134 e. The van der Waals surface area contributed by atoms with Crippen molar-refractivity contribution in [1.82, 2.24) is 4.72 Å². The summed E-state index contributed by atoms with van der Waals surface area (Å²) in [5.74, 6) is 0. The Morgan fingerprint density at radius 1 is 0.941 bits per heavy atom. The summed E-state index contributed by atoms with van der Waals surface area (Å²) in [7, 11) is -1.32. The molecule has 0 radical (unpaired) electrons. The van der Waals surface area contributed by atoms with Crippen LogP contribution in [0.5, 0.6) is 0 Å². The van der Waals surface area contributed by atoms with Gasteiger partial charge in [0.2, 0.25) is 0 Å². The SMILES string of the molecule is CNS(=N)(=O)c1ccc(-c2ccccc2)cc1. The number of nitrogens with one attached hydrogen (secondary N) is 2. The van der Waals surface area contributed by atoms with Gasteiger partial charge in [-0.25, -0.2) is 13.7 Å². The van der Waals surface area contributed by atoms with E-state index in [4.69, 9.17) is 4.78 Å². The Balaban J connectivity index is 2.38. The van der Waals surface area contributed by atoms with Crippen molar-refractivity contribution in [3.05, 3.63) is 54.6 Å². The molecule has 3 nitrogen and oxygen atoms in total. The van der Waals surface area contributed by atoms with Crippen LogP contribution >= 0.6 is 0 Å². The molecule has 2 N–H and O–H groups in total. The van der Waals surface area contributed by atoms with Crippen LogP contribution in [-0.2, 0) is 9.92 Å². The first-order valence-corrected chi connectivity index (χ1v) is 6.82. The van der Waals surface area contributed by atoms with Crippen molar-refractivity contribution in [3.8, 4) is 11.1 Å². The van der Waals surface area contributed by atoms with Gasteiger partial charge in [-0.15, -0.1) is 0 Å². The van der Waals surface area contributed by atoms with E-state index >= 15 is 0 Å². The highest BCUT2D eigenvalue weighted by Gasteiger charge is 2.06. The van der Waals surface area contributed by atoms with Crippen molar-refractivity contribution in [2.75, 3.05) is 7.05 Å². The maximum Gasteiger partial charge on any atom is 0.134 e. The molecule has 0 aliphatic rings. The molecule has 17 heavy (non-hydrogen) atoms. The third-order valence-electron chi connectivity index (χ3n) is 2.58. The van der Waals surface area contributed by atoms with Crippen molar-refractivity contribution in [2.45, 2.75) is 4.90 Å². The molecule has 0 aromatic heterocycles. The summed E-state index contributed by atoms with van der Waals surface area (Å²) in [5, 5.41) is 0. The van der Waals surface area contributed by atoms with Crippen LogP contribution in [0.25, 0.3) is 11.1 Å². The second kappa shape index (κ2) is 4.69. The first-order valence-electron chi connectivity index (χ1n) is 5.26. The Kier molecular flexibility index (Phi) is 3.26. The summed E-state index contributed by atoms with van der Waals surface area (Å²) in [6, 6.07) is 17.2. The molecule has 0 saturated carbocycles. The van der Waals surface area contributed by atoms with Crippen molar-refractivity contribution < 1.29 is 4.21 Å². The summed E-state index contributed by atoms with van der Waals surface area (Å²) < 4.78 is 21.9. The van der Waals surface area contributed by atoms with Gasteiger partial charge in [0.05, 0.1) is 4.90 Å². The monoisotopic (exact) mass is 246 g/mol. The highest BCUT2D eigenvalue weighted by molar-refractivity contribution is 7.90. The molecule has 0 fully saturated rings. The van der Waals surface area contributed by atoms with Gasteiger partial charge in [0.25, 0.3) is 0 Å². The number of hydrogen-bond donors (Lipinski definition) is 2. The molecule has 88 valence electrons. The van der Waals surface area contributed by atoms with Gasteiger partial charge in [0, 0.05) is 0 Å². The molecule has 2 aromatic carbocycles. The molecule has 0 amide bonds. The van der Waals surface area contributed by atoms with Gasteiger partial charge < -0.3 is 0 Å². The standard InChI is InChI=1S/C13H14N2OS/c1-15-17(14,16)13-9-7-12(8-10-13)11-5-3-2-4-6-11/h2-10H,1H3,(H2,14,15,16). The average molecular weight is 246 g/mol. The molecule has 0 aliphatic carbocycles. The minimum atomic E-state index is -2.85. The lowest BCUT2D eigenvalue weighted by Gasteiger charge is -2.07. The molecule has 2 rings (SSSR count). The van der Waals surface area contributed by atoms with Crippen molar-refractivity contribution >= 4 is 9.92 Å². The average Bonchev–Trinajstić information content (AvgIpc) is 2.40. The van der Waals surface area contributed by atoms with E-state index in [1.165, 1.54) is 7.05 Å². The Labute approximate surface area is 102 Å². The van der Waals surface area contributed by atoms with E-state index in [0.717, 1.165) is 11.1 Å². The molecule has 0 aliphatic heterocycles. The van der Waals surface area contributed by atoms with Crippen LogP contribution < -0.4 is 4.72 Å². The first kappa shape index (κ1) is 11.8. The molecule has 0 bridgehead atoms. The third-order valence-corrected chi connectivity index (χ3v) is 4.09. The number of rotatable bonds is 3. The molecule has 0 spiro atoms. The minimum absolute atomic E-state index is 0.500. The summed E-state index contributed by atoms with van der Waals surface area (Å²) in [6.45, 7) is 0. The Morgan fingerprint density at radius 3 is 2.00 bits per heavy atom. The van der Waals surface area contributed by atoms with Gasteiger partial charge in [-0.2, -0.15) is 0 Å². The predicted molar refractivity (Wildman–Crippen MR) is 70.1 cm³/mol. The summed E-state index contributed by atoms with van der Waals surface area (Å²) >= 11 is 0. The maximum atomic E-state index is 11.8. The molecule has 0 heterocycles. The zero-order valence-electron chi connectivity index (χ0n) is 9.51. The largest absolute Gasteiger partial charge is 0.236 e. The number of benzene rings is 2. The van der Waals surface area contributed by atoms with Crippen LogP contribution in [-0.4, -0.2) is 11.3 Å². The van der Waals surface area contributed by atoms with Gasteiger partial charge in [0.1, 0.15) is 9.92 Å². The van der Waals surface area contributed by atoms with Crippen LogP contribution in [0.4, 0.5) is 0 Å². The van der Waals surface area contributed by atoms with Crippen LogP contribution in [0.2, 0.25) is 0 Å². The molecule has 4 heteroatoms. The van der Waals surface area contributed by atoms with Crippen molar-refractivity contribution in [1.29, 1.82) is 4.78 Å². The fourth-order valence-corrected chi connectivity index (χ4v) is 2.34. The zero-order chi connectivity index (χ0) is 12.3. The van der Waals surface area contributed by atoms with Gasteiger partial charge in [-0.1, -0.05) is 42.5 Å². The van der Waals surface area contributed by atoms with Gasteiger partial charge in [-0.3, -0.25) is 0 Å². The van der Waals surface area contributed by atoms with Crippen molar-refractivity contribution in [2.24, 2.45) is 0 Å². The van der Waals surface area contributed by atoms with E-state index < -0.39 is 9.92 Å². The lowest BCUT2D eigenvalue weighted by atomic mass is 10.1. The van der Waals surface area contributed by atoms with E-state index in [-0.39, 0.29) is 0 Å². The Morgan fingerprint density at radius 2 is 1.47 bits per heavy atom. The molecule has 1 unspecified atom stereocenters. The minimum Gasteiger partial charge on any atom is -0.236 e. The van der Waals surface area contributed by atoms with Gasteiger partial charge >= 0.3 is 0 Å².